The third-order valence-electron chi connectivity index (χ3n) is 5.62. The van der Waals surface area contributed by atoms with Gasteiger partial charge in [-0.25, -0.2) is 0 Å². The van der Waals surface area contributed by atoms with Gasteiger partial charge in [-0.1, -0.05) is 0 Å². The molecule has 10 atom stereocenters. The lowest BCUT2D eigenvalue weighted by Gasteiger charge is -2.47. The quantitative estimate of drug-likeness (QED) is 0.206. The van der Waals surface area contributed by atoms with E-state index in [-0.39, 0.29) is 0 Å². The number of aliphatic hydroxyl groups is 2. The lowest BCUT2D eigenvalue weighted by Crippen LogP contribution is -2.66. The fourth-order valence-corrected chi connectivity index (χ4v) is 4.36. The first-order valence-corrected chi connectivity index (χ1v) is 12.4. The van der Waals surface area contributed by atoms with E-state index in [1.165, 1.54) is 0 Å². The summed E-state index contributed by atoms with van der Waals surface area (Å²) in [7, 11) is 0. The number of carbonyl (C=O) groups is 6. The Kier molecular flexibility index (Phi) is 12.4. The molecule has 232 valence electrons. The van der Waals surface area contributed by atoms with Gasteiger partial charge in [0, 0.05) is 41.5 Å². The Balaban J connectivity index is 2.57. The molecule has 2 aliphatic rings. The first kappa shape index (κ1) is 33.8. The van der Waals surface area contributed by atoms with Crippen molar-refractivity contribution in [2.24, 2.45) is 0 Å². The Morgan fingerprint density at radius 2 is 0.707 bits per heavy atom. The van der Waals surface area contributed by atoms with Crippen LogP contribution in [0.15, 0.2) is 0 Å². The molecule has 41 heavy (non-hydrogen) atoms. The van der Waals surface area contributed by atoms with Crippen LogP contribution in [0.2, 0.25) is 0 Å². The molecule has 0 saturated carbocycles. The number of aliphatic hydroxyl groups excluding tert-OH is 2. The summed E-state index contributed by atoms with van der Waals surface area (Å²) in [6, 6.07) is 0. The molecule has 2 fully saturated rings. The molecule has 0 bridgehead atoms. The summed E-state index contributed by atoms with van der Waals surface area (Å²) in [6.45, 7) is 4.58. The van der Waals surface area contributed by atoms with Crippen molar-refractivity contribution in [2.45, 2.75) is 103 Å². The Morgan fingerprint density at radius 3 is 0.951 bits per heavy atom. The summed E-state index contributed by atoms with van der Waals surface area (Å²) < 4.78 is 48.8. The van der Waals surface area contributed by atoms with Gasteiger partial charge >= 0.3 is 35.8 Å². The Bertz CT molecular complexity index is 905. The van der Waals surface area contributed by atoms with Gasteiger partial charge in [-0.05, 0) is 0 Å². The molecule has 0 aromatic heterocycles. The van der Waals surface area contributed by atoms with Crippen LogP contribution in [0, 0.1) is 0 Å². The Labute approximate surface area is 234 Å². The van der Waals surface area contributed by atoms with E-state index in [0.717, 1.165) is 41.5 Å². The van der Waals surface area contributed by atoms with E-state index in [1.54, 1.807) is 0 Å². The molecular weight excluding hydrogens is 560 g/mol. The molecule has 2 heterocycles. The maximum atomic E-state index is 12.0. The minimum absolute atomic E-state index is 0.800. The van der Waals surface area contributed by atoms with Crippen molar-refractivity contribution >= 4 is 35.8 Å². The van der Waals surface area contributed by atoms with E-state index in [9.17, 15) is 39.0 Å². The summed E-state index contributed by atoms with van der Waals surface area (Å²) in [6.07, 6.45) is -15.7. The van der Waals surface area contributed by atoms with Crippen molar-refractivity contribution in [1.82, 2.24) is 0 Å². The monoisotopic (exact) mass is 594 g/mol. The summed E-state index contributed by atoms with van der Waals surface area (Å²) in [4.78, 5) is 71.5. The van der Waals surface area contributed by atoms with E-state index in [4.69, 9.17) is 42.6 Å². The zero-order valence-electron chi connectivity index (χ0n) is 23.2. The van der Waals surface area contributed by atoms with E-state index in [0.29, 0.717) is 0 Å². The highest BCUT2D eigenvalue weighted by atomic mass is 16.8. The van der Waals surface area contributed by atoms with Crippen LogP contribution in [0.25, 0.3) is 0 Å². The van der Waals surface area contributed by atoms with Crippen molar-refractivity contribution in [3.8, 4) is 0 Å². The van der Waals surface area contributed by atoms with Crippen LogP contribution in [0.5, 0.6) is 0 Å². The van der Waals surface area contributed by atoms with Crippen molar-refractivity contribution in [3.63, 3.8) is 0 Å². The van der Waals surface area contributed by atoms with Gasteiger partial charge in [0.05, 0.1) is 13.2 Å². The molecule has 6 unspecified atom stereocenters. The largest absolute Gasteiger partial charge is 0.456 e. The van der Waals surface area contributed by atoms with Gasteiger partial charge in [-0.15, -0.1) is 0 Å². The molecule has 0 radical (unpaired) electrons. The highest BCUT2D eigenvalue weighted by molar-refractivity contribution is 5.69. The third-order valence-corrected chi connectivity index (χ3v) is 5.62. The maximum Gasteiger partial charge on any atom is 0.303 e. The molecule has 0 spiro atoms. The summed E-state index contributed by atoms with van der Waals surface area (Å²) in [5.41, 5.74) is 0. The standard InChI is InChI=1S/C24H34O17/c1-9(27)33-17-15(7-25)39-23(21(37-13(5)31)19(17)35-11(3)29)41-24-22(38-14(6)32)20(36-12(4)30)18(34-10(2)28)16(8-26)40-24/h15-26H,7-8H2,1-6H3/t15?,16?,17-,18-,19?,20?,21?,22?,23-,24-/m1/s1. The first-order chi connectivity index (χ1) is 19.2. The number of rotatable bonds is 10. The van der Waals surface area contributed by atoms with Crippen LogP contribution in [0.4, 0.5) is 0 Å². The Hall–Kier alpha value is -3.38. The first-order valence-electron chi connectivity index (χ1n) is 12.4. The number of hydrogen-bond donors (Lipinski definition) is 2. The molecule has 0 aromatic rings. The number of hydrogen-bond acceptors (Lipinski definition) is 17. The number of esters is 6. The minimum Gasteiger partial charge on any atom is -0.456 e. The summed E-state index contributed by atoms with van der Waals surface area (Å²) in [5.74, 6) is -5.26. The van der Waals surface area contributed by atoms with E-state index >= 15 is 0 Å². The average Bonchev–Trinajstić information content (AvgIpc) is 2.84. The van der Waals surface area contributed by atoms with Gasteiger partial charge < -0.3 is 52.8 Å². The van der Waals surface area contributed by atoms with Crippen LogP contribution in [0.1, 0.15) is 41.5 Å². The molecule has 2 saturated heterocycles. The van der Waals surface area contributed by atoms with E-state index < -0.39 is 110 Å². The van der Waals surface area contributed by atoms with Crippen molar-refractivity contribution in [2.75, 3.05) is 13.2 Å². The highest BCUT2D eigenvalue weighted by Crippen LogP contribution is 2.34. The van der Waals surface area contributed by atoms with Gasteiger partial charge in [0.15, 0.2) is 36.6 Å². The topological polar surface area (TPSA) is 226 Å². The van der Waals surface area contributed by atoms with Gasteiger partial charge in [0.2, 0.25) is 12.6 Å². The van der Waals surface area contributed by atoms with E-state index in [1.807, 2.05) is 0 Å². The lowest BCUT2D eigenvalue weighted by atomic mass is 9.97. The smallest absolute Gasteiger partial charge is 0.303 e. The second-order valence-electron chi connectivity index (χ2n) is 9.03. The molecule has 0 aliphatic carbocycles. The lowest BCUT2D eigenvalue weighted by molar-refractivity contribution is -0.377. The minimum atomic E-state index is -1.77. The number of ether oxygens (including phenoxy) is 9. The molecular formula is C24H34O17. The van der Waals surface area contributed by atoms with E-state index in [2.05, 4.69) is 0 Å². The molecule has 0 amide bonds. The normalized spacial score (nSPS) is 33.1. The van der Waals surface area contributed by atoms with Crippen molar-refractivity contribution in [3.05, 3.63) is 0 Å². The second-order valence-corrected chi connectivity index (χ2v) is 9.03. The molecule has 2 aliphatic heterocycles. The predicted octanol–water partition coefficient (Wildman–Crippen LogP) is -1.97. The average molecular weight is 595 g/mol. The fourth-order valence-electron chi connectivity index (χ4n) is 4.36. The van der Waals surface area contributed by atoms with Crippen molar-refractivity contribution < 1.29 is 81.6 Å². The van der Waals surface area contributed by atoms with Gasteiger partial charge in [0.1, 0.15) is 12.2 Å². The van der Waals surface area contributed by atoms with Gasteiger partial charge in [-0.2, -0.15) is 0 Å². The molecule has 0 aromatic carbocycles. The van der Waals surface area contributed by atoms with Crippen molar-refractivity contribution in [1.29, 1.82) is 0 Å². The van der Waals surface area contributed by atoms with Crippen LogP contribution in [-0.2, 0) is 71.4 Å². The SMILES string of the molecule is CC(=O)OC1C(OC(C)=O)[C@H](OC(C)=O)C(CO)O[C@@H]1O[C@H]1OC(CO)[C@@H](OC(C)=O)C(OC(C)=O)C1OC(C)=O. The van der Waals surface area contributed by atoms with Gasteiger partial charge in [0.25, 0.3) is 0 Å². The van der Waals surface area contributed by atoms with Crippen LogP contribution >= 0.6 is 0 Å². The zero-order chi connectivity index (χ0) is 31.0. The van der Waals surface area contributed by atoms with Crippen LogP contribution in [-0.4, -0.2) is 121 Å². The third kappa shape index (κ3) is 9.32. The molecule has 17 heteroatoms. The molecule has 17 nitrogen and oxygen atoms in total. The maximum absolute atomic E-state index is 12.0. The number of carbonyl (C=O) groups excluding carboxylic acids is 6. The van der Waals surface area contributed by atoms with Crippen LogP contribution in [0.3, 0.4) is 0 Å². The summed E-state index contributed by atoms with van der Waals surface area (Å²) in [5, 5.41) is 19.9. The Morgan fingerprint density at radius 1 is 0.463 bits per heavy atom. The summed E-state index contributed by atoms with van der Waals surface area (Å²) >= 11 is 0. The zero-order valence-corrected chi connectivity index (χ0v) is 23.2. The molecule has 2 N–H and O–H groups in total. The fraction of sp³-hybridized carbons (Fsp3) is 0.750. The second kappa shape index (κ2) is 15.0. The highest BCUT2D eigenvalue weighted by Gasteiger charge is 2.57. The van der Waals surface area contributed by atoms with Crippen LogP contribution < -0.4 is 0 Å². The molecule has 2 rings (SSSR count). The van der Waals surface area contributed by atoms with Gasteiger partial charge in [-0.3, -0.25) is 28.8 Å². The predicted molar refractivity (Wildman–Crippen MR) is 126 cm³/mol.